The molecule has 0 saturated carbocycles. The highest BCUT2D eigenvalue weighted by atomic mass is 16.5. The highest BCUT2D eigenvalue weighted by Crippen LogP contribution is 2.37. The first-order valence-corrected chi connectivity index (χ1v) is 9.22. The van der Waals surface area contributed by atoms with Gasteiger partial charge < -0.3 is 25.2 Å². The lowest BCUT2D eigenvalue weighted by atomic mass is 9.82. The number of hydrazone groups is 1. The van der Waals surface area contributed by atoms with Crippen molar-refractivity contribution in [3.63, 3.8) is 0 Å². The molecule has 1 heterocycles. The second-order valence-corrected chi connectivity index (χ2v) is 7.12. The van der Waals surface area contributed by atoms with Gasteiger partial charge >= 0.3 is 5.97 Å². The van der Waals surface area contributed by atoms with Gasteiger partial charge in [-0.25, -0.2) is 4.79 Å². The molecule has 1 aliphatic rings. The number of fused-ring (bicyclic) bond motifs is 1. The fourth-order valence-electron chi connectivity index (χ4n) is 3.22. The Morgan fingerprint density at radius 2 is 1.80 bits per heavy atom. The number of para-hydroxylation sites is 1. The van der Waals surface area contributed by atoms with E-state index in [0.29, 0.717) is 6.54 Å². The Morgan fingerprint density at radius 3 is 2.33 bits per heavy atom. The second-order valence-electron chi connectivity index (χ2n) is 7.12. The van der Waals surface area contributed by atoms with Crippen molar-refractivity contribution < 1.29 is 29.1 Å². The van der Waals surface area contributed by atoms with Gasteiger partial charge in [0.15, 0.2) is 5.97 Å². The average molecular weight is 411 g/mol. The van der Waals surface area contributed by atoms with Gasteiger partial charge in [-0.2, -0.15) is 9.68 Å². The van der Waals surface area contributed by atoms with E-state index in [0.717, 1.165) is 5.75 Å². The molecular formula is C22H25N3O5. The first kappa shape index (κ1) is 22.6. The number of ether oxygens (including phenoxy) is 1. The van der Waals surface area contributed by atoms with Gasteiger partial charge in [-0.1, -0.05) is 30.3 Å². The molecule has 0 spiro atoms. The zero-order chi connectivity index (χ0) is 22.3. The lowest BCUT2D eigenvalue weighted by molar-refractivity contribution is -0.400. The standard InChI is InChI=1S/C20H23N3O.C2H2O4/c1-20(2)17-7-5-6-8-18(17)23(3)19(20)14-22-21-13-15-9-11-16(24-4)12-10-15;3-1(4)2(5)6/h5-12,14H,13H2,1-4H3;(H,3,4)(H,5,6). The van der Waals surface area contributed by atoms with Gasteiger partial charge in [-0.15, -0.1) is 0 Å². The summed E-state index contributed by atoms with van der Waals surface area (Å²) in [5, 5.41) is 20.8. The first-order valence-electron chi connectivity index (χ1n) is 9.22. The summed E-state index contributed by atoms with van der Waals surface area (Å²) in [6.45, 7) is 5.16. The van der Waals surface area contributed by atoms with Crippen molar-refractivity contribution >= 4 is 29.6 Å². The number of nitrogens with zero attached hydrogens (tertiary/aromatic N) is 2. The third-order valence-corrected chi connectivity index (χ3v) is 4.84. The van der Waals surface area contributed by atoms with Gasteiger partial charge in [0.25, 0.3) is 0 Å². The molecule has 2 aromatic rings. The topological polar surface area (TPSA) is 114 Å². The summed E-state index contributed by atoms with van der Waals surface area (Å²) in [6, 6.07) is 16.5. The molecule has 0 radical (unpaired) electrons. The molecule has 2 N–H and O–H groups in total. The molecule has 0 unspecified atom stereocenters. The number of carboxylic acids is 2. The van der Waals surface area contributed by atoms with Crippen LogP contribution in [0.1, 0.15) is 25.0 Å². The molecule has 8 nitrogen and oxygen atoms in total. The van der Waals surface area contributed by atoms with Gasteiger partial charge in [0.05, 0.1) is 19.1 Å². The molecule has 3 rings (SSSR count). The van der Waals surface area contributed by atoms with Gasteiger partial charge in [0.1, 0.15) is 19.0 Å². The average Bonchev–Trinajstić information content (AvgIpc) is 2.92. The number of rotatable bonds is 5. The number of aliphatic carboxylic acids is 2. The molecule has 0 atom stereocenters. The summed E-state index contributed by atoms with van der Waals surface area (Å²) in [5.74, 6) is -3.14. The van der Waals surface area contributed by atoms with Crippen LogP contribution in [0.3, 0.4) is 0 Å². The molecule has 30 heavy (non-hydrogen) atoms. The molecule has 2 aromatic carbocycles. The van der Waals surface area contributed by atoms with Crippen molar-refractivity contribution in [2.45, 2.75) is 25.8 Å². The SMILES string of the molecule is COc1ccc(CN/N=C/C2=[N+](C)c3ccccc3C2(C)C)cc1.O=C([O-])C(=O)O. The number of carbonyl (C=O) groups excluding carboxylic acids is 1. The maximum absolute atomic E-state index is 9.04. The molecule has 0 bridgehead atoms. The van der Waals surface area contributed by atoms with E-state index in [2.05, 4.69) is 60.3 Å². The van der Waals surface area contributed by atoms with E-state index in [9.17, 15) is 0 Å². The molecule has 8 heteroatoms. The minimum Gasteiger partial charge on any atom is -0.539 e. The fraction of sp³-hybridized carbons (Fsp3) is 0.273. The van der Waals surface area contributed by atoms with Gasteiger partial charge in [-0.05, 0) is 31.5 Å². The summed E-state index contributed by atoms with van der Waals surface area (Å²) in [4.78, 5) is 18.0. The maximum atomic E-state index is 9.04. The van der Waals surface area contributed by atoms with Crippen molar-refractivity contribution in [3.8, 4) is 5.75 Å². The largest absolute Gasteiger partial charge is 0.539 e. The van der Waals surface area contributed by atoms with E-state index in [1.165, 1.54) is 22.5 Å². The maximum Gasteiger partial charge on any atom is 0.351 e. The van der Waals surface area contributed by atoms with E-state index < -0.39 is 11.9 Å². The Kier molecular flexibility index (Phi) is 7.30. The summed E-state index contributed by atoms with van der Waals surface area (Å²) >= 11 is 0. The Morgan fingerprint density at radius 1 is 1.20 bits per heavy atom. The number of hydrogen-bond donors (Lipinski definition) is 2. The van der Waals surface area contributed by atoms with Gasteiger partial charge in [0.2, 0.25) is 11.4 Å². The van der Waals surface area contributed by atoms with Crippen LogP contribution in [0.5, 0.6) is 5.75 Å². The minimum absolute atomic E-state index is 0.0450. The second kappa shape index (κ2) is 9.69. The summed E-state index contributed by atoms with van der Waals surface area (Å²) < 4.78 is 7.39. The number of carbonyl (C=O) groups is 2. The van der Waals surface area contributed by atoms with Crippen LogP contribution < -0.4 is 15.3 Å². The normalized spacial score (nSPS) is 14.0. The number of carboxylic acid groups (broad SMARTS) is 2. The fourth-order valence-corrected chi connectivity index (χ4v) is 3.22. The lowest BCUT2D eigenvalue weighted by Gasteiger charge is -2.14. The van der Waals surface area contributed by atoms with E-state index >= 15 is 0 Å². The van der Waals surface area contributed by atoms with E-state index in [1.807, 2.05) is 30.5 Å². The van der Waals surface area contributed by atoms with Crippen LogP contribution in [-0.4, -0.2) is 47.7 Å². The number of hydrogen-bond acceptors (Lipinski definition) is 6. The Labute approximate surface area is 175 Å². The molecule has 0 saturated heterocycles. The highest BCUT2D eigenvalue weighted by Gasteiger charge is 2.43. The predicted octanol–water partition coefficient (Wildman–Crippen LogP) is 1.30. The highest BCUT2D eigenvalue weighted by molar-refractivity contribution is 6.33. The molecule has 1 aliphatic heterocycles. The molecular weight excluding hydrogens is 386 g/mol. The number of benzene rings is 2. The molecule has 0 aliphatic carbocycles. The van der Waals surface area contributed by atoms with Crippen molar-refractivity contribution in [3.05, 3.63) is 59.7 Å². The zero-order valence-electron chi connectivity index (χ0n) is 17.4. The zero-order valence-corrected chi connectivity index (χ0v) is 17.4. The summed E-state index contributed by atoms with van der Waals surface area (Å²) in [5.41, 5.74) is 8.03. The third-order valence-electron chi connectivity index (χ3n) is 4.84. The third kappa shape index (κ3) is 5.22. The quantitative estimate of drug-likeness (QED) is 0.332. The van der Waals surface area contributed by atoms with Crippen LogP contribution in [0.15, 0.2) is 53.6 Å². The van der Waals surface area contributed by atoms with Crippen LogP contribution in [0, 0.1) is 0 Å². The molecule has 158 valence electrons. The van der Waals surface area contributed by atoms with Crippen molar-refractivity contribution in [2.75, 3.05) is 14.2 Å². The van der Waals surface area contributed by atoms with Gasteiger partial charge in [-0.3, -0.25) is 0 Å². The Hall–Kier alpha value is -3.68. The van der Waals surface area contributed by atoms with Crippen LogP contribution in [0.25, 0.3) is 0 Å². The monoisotopic (exact) mass is 411 g/mol. The van der Waals surface area contributed by atoms with Crippen molar-refractivity contribution in [1.29, 1.82) is 0 Å². The van der Waals surface area contributed by atoms with E-state index in [1.54, 1.807) is 7.11 Å². The lowest BCUT2D eigenvalue weighted by Crippen LogP contribution is -2.30. The van der Waals surface area contributed by atoms with E-state index in [4.69, 9.17) is 24.5 Å². The number of nitrogens with one attached hydrogen (secondary N) is 1. The molecule has 0 amide bonds. The van der Waals surface area contributed by atoms with Gasteiger partial charge in [0, 0.05) is 11.6 Å². The van der Waals surface area contributed by atoms with E-state index in [-0.39, 0.29) is 5.41 Å². The van der Waals surface area contributed by atoms with Crippen LogP contribution in [0.4, 0.5) is 5.69 Å². The Bertz CT molecular complexity index is 967. The summed E-state index contributed by atoms with van der Waals surface area (Å²) in [7, 11) is 3.77. The summed E-state index contributed by atoms with van der Waals surface area (Å²) in [6.07, 6.45) is 1.93. The Balaban J connectivity index is 0.000000469. The molecule has 0 aromatic heterocycles. The predicted molar refractivity (Wildman–Crippen MR) is 111 cm³/mol. The van der Waals surface area contributed by atoms with Crippen LogP contribution in [-0.2, 0) is 21.5 Å². The smallest absolute Gasteiger partial charge is 0.351 e. The number of methoxy groups -OCH3 is 1. The van der Waals surface area contributed by atoms with Crippen LogP contribution in [0.2, 0.25) is 0 Å². The van der Waals surface area contributed by atoms with Crippen LogP contribution >= 0.6 is 0 Å². The minimum atomic E-state index is -2.07. The van der Waals surface area contributed by atoms with Crippen molar-refractivity contribution in [1.82, 2.24) is 5.43 Å². The first-order chi connectivity index (χ1) is 14.2. The molecule has 0 fully saturated rings. The van der Waals surface area contributed by atoms with Crippen molar-refractivity contribution in [2.24, 2.45) is 5.10 Å².